The van der Waals surface area contributed by atoms with Gasteiger partial charge < -0.3 is 9.80 Å². The Hall–Kier alpha value is -2.11. The summed E-state index contributed by atoms with van der Waals surface area (Å²) in [7, 11) is 0. The van der Waals surface area contributed by atoms with Gasteiger partial charge in [-0.25, -0.2) is 4.98 Å². The van der Waals surface area contributed by atoms with Gasteiger partial charge in [-0.3, -0.25) is 4.79 Å². The lowest BCUT2D eigenvalue weighted by atomic mass is 9.88. The van der Waals surface area contributed by atoms with Gasteiger partial charge in [0, 0.05) is 49.9 Å². The first-order chi connectivity index (χ1) is 11.7. The molecule has 3 heterocycles. The number of nitrogens with zero attached hydrogens (tertiary/aromatic N) is 5. The topological polar surface area (TPSA) is 53.7 Å². The summed E-state index contributed by atoms with van der Waals surface area (Å²) in [6, 6.07) is 4.01. The van der Waals surface area contributed by atoms with Crippen LogP contribution in [0.3, 0.4) is 0 Å². The molecule has 0 N–H and O–H groups in total. The zero-order valence-corrected chi connectivity index (χ0v) is 14.3. The number of hydrogen-bond acceptors (Lipinski definition) is 4. The fourth-order valence-electron chi connectivity index (χ4n) is 4.01. The number of carbonyl (C=O) groups is 1. The minimum Gasteiger partial charge on any atom is -0.353 e. The van der Waals surface area contributed by atoms with Crippen LogP contribution in [0.2, 0.25) is 0 Å². The van der Waals surface area contributed by atoms with Crippen molar-refractivity contribution in [1.29, 1.82) is 0 Å². The monoisotopic (exact) mass is 327 g/mol. The molecule has 0 spiro atoms. The lowest BCUT2D eigenvalue weighted by Crippen LogP contribution is -2.51. The number of aryl methyl sites for hydroxylation is 1. The van der Waals surface area contributed by atoms with Gasteiger partial charge in [0.1, 0.15) is 5.82 Å². The molecule has 1 aliphatic carbocycles. The molecule has 0 aromatic carbocycles. The summed E-state index contributed by atoms with van der Waals surface area (Å²) >= 11 is 0. The number of rotatable bonds is 2. The van der Waals surface area contributed by atoms with Gasteiger partial charge in [-0.1, -0.05) is 19.3 Å². The van der Waals surface area contributed by atoms with E-state index in [1.807, 2.05) is 17.5 Å². The minimum atomic E-state index is 0.270. The highest BCUT2D eigenvalue weighted by molar-refractivity contribution is 5.79. The smallest absolute Gasteiger partial charge is 0.225 e. The Labute approximate surface area is 142 Å². The van der Waals surface area contributed by atoms with E-state index in [4.69, 9.17) is 0 Å². The van der Waals surface area contributed by atoms with Gasteiger partial charge in [-0.05, 0) is 19.8 Å². The molecule has 4 rings (SSSR count). The summed E-state index contributed by atoms with van der Waals surface area (Å²) in [5.74, 6) is 1.73. The molecule has 2 aromatic heterocycles. The van der Waals surface area contributed by atoms with Crippen molar-refractivity contribution in [2.45, 2.75) is 39.0 Å². The summed E-state index contributed by atoms with van der Waals surface area (Å²) < 4.78 is 1.89. The lowest BCUT2D eigenvalue weighted by Gasteiger charge is -2.38. The first kappa shape index (κ1) is 15.4. The van der Waals surface area contributed by atoms with Gasteiger partial charge >= 0.3 is 0 Å². The number of anilines is 1. The molecule has 1 amide bonds. The van der Waals surface area contributed by atoms with Gasteiger partial charge in [0.15, 0.2) is 5.65 Å². The van der Waals surface area contributed by atoms with E-state index >= 15 is 0 Å². The van der Waals surface area contributed by atoms with Crippen LogP contribution in [0.5, 0.6) is 0 Å². The third-order valence-corrected chi connectivity index (χ3v) is 5.34. The molecular weight excluding hydrogens is 302 g/mol. The van der Waals surface area contributed by atoms with Gasteiger partial charge in [-0.15, -0.1) is 0 Å². The fourth-order valence-corrected chi connectivity index (χ4v) is 4.01. The van der Waals surface area contributed by atoms with Crippen LogP contribution in [0.4, 0.5) is 5.82 Å². The zero-order valence-electron chi connectivity index (χ0n) is 14.3. The van der Waals surface area contributed by atoms with E-state index in [0.29, 0.717) is 5.91 Å². The van der Waals surface area contributed by atoms with Crippen molar-refractivity contribution in [3.63, 3.8) is 0 Å². The third kappa shape index (κ3) is 2.85. The fraction of sp³-hybridized carbons (Fsp3) is 0.611. The molecule has 0 atom stereocenters. The van der Waals surface area contributed by atoms with Crippen molar-refractivity contribution in [3.8, 4) is 0 Å². The van der Waals surface area contributed by atoms with Crippen molar-refractivity contribution in [3.05, 3.63) is 24.0 Å². The van der Waals surface area contributed by atoms with Gasteiger partial charge in [0.25, 0.3) is 0 Å². The Balaban J connectivity index is 1.45. The average molecular weight is 327 g/mol. The van der Waals surface area contributed by atoms with Crippen molar-refractivity contribution >= 4 is 17.4 Å². The average Bonchev–Trinajstić information content (AvgIpc) is 3.09. The molecule has 1 aliphatic heterocycles. The Morgan fingerprint density at radius 1 is 1.12 bits per heavy atom. The second-order valence-electron chi connectivity index (χ2n) is 7.00. The molecule has 6 nitrogen and oxygen atoms in total. The maximum absolute atomic E-state index is 12.7. The molecule has 2 aromatic rings. The van der Waals surface area contributed by atoms with E-state index in [2.05, 4.69) is 25.9 Å². The largest absolute Gasteiger partial charge is 0.353 e. The normalized spacial score (nSPS) is 19.9. The second-order valence-corrected chi connectivity index (χ2v) is 7.00. The number of piperazine rings is 1. The quantitative estimate of drug-likeness (QED) is 0.849. The predicted molar refractivity (Wildman–Crippen MR) is 93.1 cm³/mol. The van der Waals surface area contributed by atoms with E-state index in [9.17, 15) is 4.79 Å². The Kier molecular flexibility index (Phi) is 4.12. The molecule has 128 valence electrons. The van der Waals surface area contributed by atoms with E-state index in [-0.39, 0.29) is 5.92 Å². The Morgan fingerprint density at radius 3 is 2.62 bits per heavy atom. The first-order valence-corrected chi connectivity index (χ1v) is 9.07. The number of hydrogen-bond donors (Lipinski definition) is 0. The highest BCUT2D eigenvalue weighted by atomic mass is 16.2. The summed E-state index contributed by atoms with van der Waals surface area (Å²) in [5.41, 5.74) is 1.88. The molecule has 0 unspecified atom stereocenters. The Bertz CT molecular complexity index is 726. The summed E-state index contributed by atoms with van der Waals surface area (Å²) in [5, 5.41) is 4.39. The van der Waals surface area contributed by atoms with E-state index in [0.717, 1.165) is 56.2 Å². The van der Waals surface area contributed by atoms with Crippen LogP contribution < -0.4 is 4.90 Å². The summed E-state index contributed by atoms with van der Waals surface area (Å²) in [6.07, 6.45) is 7.66. The highest BCUT2D eigenvalue weighted by Gasteiger charge is 2.29. The van der Waals surface area contributed by atoms with Crippen LogP contribution in [0.1, 0.15) is 37.8 Å². The van der Waals surface area contributed by atoms with Gasteiger partial charge in [-0.2, -0.15) is 9.61 Å². The predicted octanol–water partition coefficient (Wildman–Crippen LogP) is 2.27. The molecule has 2 aliphatic rings. The van der Waals surface area contributed by atoms with Crippen LogP contribution in [-0.4, -0.2) is 51.6 Å². The van der Waals surface area contributed by atoms with E-state index < -0.39 is 0 Å². The van der Waals surface area contributed by atoms with Crippen LogP contribution >= 0.6 is 0 Å². The van der Waals surface area contributed by atoms with E-state index in [1.54, 1.807) is 6.20 Å². The molecule has 1 saturated heterocycles. The van der Waals surface area contributed by atoms with E-state index in [1.165, 1.54) is 19.3 Å². The second kappa shape index (κ2) is 6.42. The third-order valence-electron chi connectivity index (χ3n) is 5.34. The lowest BCUT2D eigenvalue weighted by molar-refractivity contribution is -0.136. The maximum Gasteiger partial charge on any atom is 0.225 e. The molecule has 0 bridgehead atoms. The molecular formula is C18H25N5O. The first-order valence-electron chi connectivity index (χ1n) is 9.07. The number of amides is 1. The van der Waals surface area contributed by atoms with Crippen molar-refractivity contribution < 1.29 is 4.79 Å². The molecule has 24 heavy (non-hydrogen) atoms. The SMILES string of the molecule is Cc1cc(N2CCN(C(=O)C3CCCCC3)CC2)n2nccc2n1. The number of carbonyl (C=O) groups excluding carboxylic acids is 1. The standard InChI is InChI=1S/C18H25N5O/c1-14-13-17(23-16(20-14)7-8-19-23)21-9-11-22(12-10-21)18(24)15-5-3-2-4-6-15/h7-8,13,15H,2-6,9-12H2,1H3. The number of fused-ring (bicyclic) bond motifs is 1. The van der Waals surface area contributed by atoms with Gasteiger partial charge in [0.2, 0.25) is 5.91 Å². The zero-order chi connectivity index (χ0) is 16.5. The summed E-state index contributed by atoms with van der Waals surface area (Å²) in [4.78, 5) is 21.6. The minimum absolute atomic E-state index is 0.270. The molecule has 2 fully saturated rings. The molecule has 1 saturated carbocycles. The van der Waals surface area contributed by atoms with Crippen molar-refractivity contribution in [1.82, 2.24) is 19.5 Å². The van der Waals surface area contributed by atoms with Crippen LogP contribution in [0.15, 0.2) is 18.3 Å². The molecule has 0 radical (unpaired) electrons. The molecule has 6 heteroatoms. The highest BCUT2D eigenvalue weighted by Crippen LogP contribution is 2.26. The number of aromatic nitrogens is 3. The van der Waals surface area contributed by atoms with Crippen LogP contribution in [-0.2, 0) is 4.79 Å². The van der Waals surface area contributed by atoms with Crippen molar-refractivity contribution in [2.75, 3.05) is 31.1 Å². The van der Waals surface area contributed by atoms with Crippen molar-refractivity contribution in [2.24, 2.45) is 5.92 Å². The van der Waals surface area contributed by atoms with Crippen LogP contribution in [0, 0.1) is 12.8 Å². The van der Waals surface area contributed by atoms with Gasteiger partial charge in [0.05, 0.1) is 6.20 Å². The summed E-state index contributed by atoms with van der Waals surface area (Å²) in [6.45, 7) is 5.34. The Morgan fingerprint density at radius 2 is 1.88 bits per heavy atom. The maximum atomic E-state index is 12.7. The van der Waals surface area contributed by atoms with Crippen LogP contribution in [0.25, 0.3) is 5.65 Å².